The van der Waals surface area contributed by atoms with E-state index in [0.29, 0.717) is 6.04 Å². The second-order valence-corrected chi connectivity index (χ2v) is 5.41. The van der Waals surface area contributed by atoms with Crippen LogP contribution in [0.2, 0.25) is 0 Å². The van der Waals surface area contributed by atoms with Crippen molar-refractivity contribution in [2.45, 2.75) is 39.7 Å². The number of para-hydroxylation sites is 1. The lowest BCUT2D eigenvalue weighted by molar-refractivity contribution is 0.527. The maximum absolute atomic E-state index is 4.63. The number of rotatable bonds is 5. The fourth-order valence-electron chi connectivity index (χ4n) is 2.05. The Labute approximate surface area is 109 Å². The standard InChI is InChI=1S/C16H22N2/c1-12(2)8-9-13(3)17-16-11-10-14-6-4-5-7-15(14)18-16/h4-7,10-13H,8-9H2,1-3H3,(H,17,18). The van der Waals surface area contributed by atoms with Crippen LogP contribution in [-0.2, 0) is 0 Å². The van der Waals surface area contributed by atoms with E-state index < -0.39 is 0 Å². The molecule has 0 saturated heterocycles. The summed E-state index contributed by atoms with van der Waals surface area (Å²) in [7, 11) is 0. The summed E-state index contributed by atoms with van der Waals surface area (Å²) in [5, 5.41) is 4.67. The first-order valence-electron chi connectivity index (χ1n) is 6.77. The number of anilines is 1. The summed E-state index contributed by atoms with van der Waals surface area (Å²) in [6, 6.07) is 12.9. The molecule has 0 aliphatic carbocycles. The molecule has 0 amide bonds. The summed E-state index contributed by atoms with van der Waals surface area (Å²) in [5.74, 6) is 1.74. The smallest absolute Gasteiger partial charge is 0.126 e. The molecule has 0 spiro atoms. The number of nitrogens with one attached hydrogen (secondary N) is 1. The molecule has 1 heterocycles. The topological polar surface area (TPSA) is 24.9 Å². The summed E-state index contributed by atoms with van der Waals surface area (Å²) in [4.78, 5) is 4.63. The minimum absolute atomic E-state index is 0.473. The van der Waals surface area contributed by atoms with Crippen molar-refractivity contribution in [3.8, 4) is 0 Å². The van der Waals surface area contributed by atoms with E-state index in [1.54, 1.807) is 0 Å². The first-order chi connectivity index (χ1) is 8.65. The average molecular weight is 242 g/mol. The summed E-state index contributed by atoms with van der Waals surface area (Å²) in [5.41, 5.74) is 1.05. The summed E-state index contributed by atoms with van der Waals surface area (Å²) in [6.45, 7) is 6.75. The molecule has 18 heavy (non-hydrogen) atoms. The van der Waals surface area contributed by atoms with Gasteiger partial charge in [-0.1, -0.05) is 32.0 Å². The SMILES string of the molecule is CC(C)CCC(C)Nc1ccc2ccccc2n1. The Morgan fingerprint density at radius 1 is 1.00 bits per heavy atom. The van der Waals surface area contributed by atoms with E-state index in [2.05, 4.69) is 55.3 Å². The number of pyridine rings is 1. The van der Waals surface area contributed by atoms with E-state index in [1.165, 1.54) is 18.2 Å². The number of aromatic nitrogens is 1. The molecule has 0 fully saturated rings. The lowest BCUT2D eigenvalue weighted by Gasteiger charge is -2.15. The van der Waals surface area contributed by atoms with Crippen LogP contribution < -0.4 is 5.32 Å². The van der Waals surface area contributed by atoms with Crippen molar-refractivity contribution in [2.75, 3.05) is 5.32 Å². The molecule has 2 rings (SSSR count). The summed E-state index contributed by atoms with van der Waals surface area (Å²) < 4.78 is 0. The highest BCUT2D eigenvalue weighted by Crippen LogP contribution is 2.16. The van der Waals surface area contributed by atoms with Crippen LogP contribution in [0.25, 0.3) is 10.9 Å². The van der Waals surface area contributed by atoms with Gasteiger partial charge in [-0.25, -0.2) is 4.98 Å². The van der Waals surface area contributed by atoms with Crippen molar-refractivity contribution in [1.29, 1.82) is 0 Å². The third kappa shape index (κ3) is 3.46. The van der Waals surface area contributed by atoms with E-state index in [1.807, 2.05) is 12.1 Å². The Kier molecular flexibility index (Phi) is 4.19. The van der Waals surface area contributed by atoms with Crippen LogP contribution in [0.3, 0.4) is 0 Å². The van der Waals surface area contributed by atoms with Crippen molar-refractivity contribution in [1.82, 2.24) is 4.98 Å². The average Bonchev–Trinajstić information content (AvgIpc) is 2.36. The normalized spacial score (nSPS) is 12.9. The number of benzene rings is 1. The molecule has 0 aliphatic heterocycles. The Morgan fingerprint density at radius 2 is 1.78 bits per heavy atom. The maximum atomic E-state index is 4.63. The monoisotopic (exact) mass is 242 g/mol. The van der Waals surface area contributed by atoms with Crippen molar-refractivity contribution in [3.05, 3.63) is 36.4 Å². The van der Waals surface area contributed by atoms with Crippen LogP contribution in [0, 0.1) is 5.92 Å². The Morgan fingerprint density at radius 3 is 2.56 bits per heavy atom. The van der Waals surface area contributed by atoms with Gasteiger partial charge in [0.2, 0.25) is 0 Å². The Balaban J connectivity index is 2.03. The highest BCUT2D eigenvalue weighted by molar-refractivity contribution is 5.80. The second-order valence-electron chi connectivity index (χ2n) is 5.41. The second kappa shape index (κ2) is 5.85. The third-order valence-corrected chi connectivity index (χ3v) is 3.17. The van der Waals surface area contributed by atoms with Gasteiger partial charge in [0.15, 0.2) is 0 Å². The Hall–Kier alpha value is -1.57. The van der Waals surface area contributed by atoms with E-state index >= 15 is 0 Å². The zero-order chi connectivity index (χ0) is 13.0. The van der Waals surface area contributed by atoms with E-state index in [9.17, 15) is 0 Å². The molecule has 1 atom stereocenters. The Bertz CT molecular complexity index is 505. The number of fused-ring (bicyclic) bond motifs is 1. The minimum Gasteiger partial charge on any atom is -0.368 e. The van der Waals surface area contributed by atoms with E-state index in [4.69, 9.17) is 0 Å². The van der Waals surface area contributed by atoms with Crippen LogP contribution in [0.5, 0.6) is 0 Å². The summed E-state index contributed by atoms with van der Waals surface area (Å²) >= 11 is 0. The molecular formula is C16H22N2. The first kappa shape index (κ1) is 12.9. The molecule has 0 radical (unpaired) electrons. The van der Waals surface area contributed by atoms with Crippen molar-refractivity contribution < 1.29 is 0 Å². The first-order valence-corrected chi connectivity index (χ1v) is 6.77. The maximum Gasteiger partial charge on any atom is 0.126 e. The van der Waals surface area contributed by atoms with Crippen molar-refractivity contribution in [2.24, 2.45) is 5.92 Å². The molecule has 2 heteroatoms. The zero-order valence-electron chi connectivity index (χ0n) is 11.5. The summed E-state index contributed by atoms with van der Waals surface area (Å²) in [6.07, 6.45) is 2.44. The van der Waals surface area contributed by atoms with E-state index in [-0.39, 0.29) is 0 Å². The molecular weight excluding hydrogens is 220 g/mol. The molecule has 1 aromatic carbocycles. The molecule has 2 aromatic rings. The van der Waals surface area contributed by atoms with Crippen LogP contribution in [0.4, 0.5) is 5.82 Å². The molecule has 0 bridgehead atoms. The van der Waals surface area contributed by atoms with Gasteiger partial charge in [-0.3, -0.25) is 0 Å². The van der Waals surface area contributed by atoms with Crippen LogP contribution >= 0.6 is 0 Å². The predicted octanol–water partition coefficient (Wildman–Crippen LogP) is 4.47. The van der Waals surface area contributed by atoms with Gasteiger partial charge in [0, 0.05) is 11.4 Å². The molecule has 0 saturated carbocycles. The number of nitrogens with zero attached hydrogens (tertiary/aromatic N) is 1. The lowest BCUT2D eigenvalue weighted by atomic mass is 10.0. The van der Waals surface area contributed by atoms with Gasteiger partial charge < -0.3 is 5.32 Å². The molecule has 0 aliphatic rings. The fraction of sp³-hybridized carbons (Fsp3) is 0.438. The fourth-order valence-corrected chi connectivity index (χ4v) is 2.05. The van der Waals surface area contributed by atoms with Gasteiger partial charge in [0.25, 0.3) is 0 Å². The van der Waals surface area contributed by atoms with Crippen LogP contribution in [0.15, 0.2) is 36.4 Å². The lowest BCUT2D eigenvalue weighted by Crippen LogP contribution is -2.16. The third-order valence-electron chi connectivity index (χ3n) is 3.17. The number of hydrogen-bond donors (Lipinski definition) is 1. The van der Waals surface area contributed by atoms with E-state index in [0.717, 1.165) is 17.3 Å². The van der Waals surface area contributed by atoms with Crippen LogP contribution in [-0.4, -0.2) is 11.0 Å². The van der Waals surface area contributed by atoms with Crippen molar-refractivity contribution in [3.63, 3.8) is 0 Å². The molecule has 2 nitrogen and oxygen atoms in total. The van der Waals surface area contributed by atoms with Crippen molar-refractivity contribution >= 4 is 16.7 Å². The molecule has 1 unspecified atom stereocenters. The largest absolute Gasteiger partial charge is 0.368 e. The van der Waals surface area contributed by atoms with Gasteiger partial charge in [0.1, 0.15) is 5.82 Å². The highest BCUT2D eigenvalue weighted by Gasteiger charge is 2.05. The van der Waals surface area contributed by atoms with Gasteiger partial charge in [-0.2, -0.15) is 0 Å². The minimum atomic E-state index is 0.473. The van der Waals surface area contributed by atoms with Gasteiger partial charge in [-0.15, -0.1) is 0 Å². The number of hydrogen-bond acceptors (Lipinski definition) is 2. The van der Waals surface area contributed by atoms with Gasteiger partial charge >= 0.3 is 0 Å². The molecule has 96 valence electrons. The molecule has 1 N–H and O–H groups in total. The van der Waals surface area contributed by atoms with Gasteiger partial charge in [0.05, 0.1) is 5.52 Å². The quantitative estimate of drug-likeness (QED) is 0.836. The molecule has 1 aromatic heterocycles. The van der Waals surface area contributed by atoms with Gasteiger partial charge in [-0.05, 0) is 43.9 Å². The highest BCUT2D eigenvalue weighted by atomic mass is 15.0. The zero-order valence-corrected chi connectivity index (χ0v) is 11.5. The van der Waals surface area contributed by atoms with Crippen LogP contribution in [0.1, 0.15) is 33.6 Å². The predicted molar refractivity (Wildman–Crippen MR) is 78.9 cm³/mol.